The Bertz CT molecular complexity index is 1040. The van der Waals surface area contributed by atoms with Crippen LogP contribution in [0.25, 0.3) is 0 Å². The SMILES string of the molecule is Cc1ccc(S(=O)(=O)[O-])cc1.O=[N+]([O-])c1ccc(C[n+]2ccc(Cl)cc2)cc1. The summed E-state index contributed by atoms with van der Waals surface area (Å²) in [6.07, 6.45) is 3.73. The van der Waals surface area contributed by atoms with Crippen molar-refractivity contribution < 1.29 is 22.5 Å². The number of rotatable bonds is 4. The fourth-order valence-electron chi connectivity index (χ4n) is 2.18. The van der Waals surface area contributed by atoms with Gasteiger partial charge in [0.1, 0.15) is 10.1 Å². The highest BCUT2D eigenvalue weighted by molar-refractivity contribution is 7.85. The average molecular weight is 421 g/mol. The first-order valence-corrected chi connectivity index (χ1v) is 9.84. The fraction of sp³-hybridized carbons (Fsp3) is 0.105. The number of nitrogens with zero attached hydrogens (tertiary/aromatic N) is 2. The van der Waals surface area contributed by atoms with Gasteiger partial charge < -0.3 is 4.55 Å². The second-order valence-corrected chi connectivity index (χ2v) is 7.70. The Morgan fingerprint density at radius 1 is 0.964 bits per heavy atom. The second kappa shape index (κ2) is 9.41. The van der Waals surface area contributed by atoms with Crippen LogP contribution < -0.4 is 4.57 Å². The van der Waals surface area contributed by atoms with Gasteiger partial charge in [-0.2, -0.15) is 0 Å². The molecule has 0 radical (unpaired) electrons. The normalized spacial score (nSPS) is 10.7. The van der Waals surface area contributed by atoms with E-state index in [-0.39, 0.29) is 10.6 Å². The molecular weight excluding hydrogens is 404 g/mol. The number of pyridine rings is 1. The van der Waals surface area contributed by atoms with Crippen LogP contribution in [-0.2, 0) is 16.7 Å². The number of hydrogen-bond donors (Lipinski definition) is 0. The summed E-state index contributed by atoms with van der Waals surface area (Å²) in [6.45, 7) is 2.48. The smallest absolute Gasteiger partial charge is 0.269 e. The van der Waals surface area contributed by atoms with E-state index in [9.17, 15) is 23.1 Å². The lowest BCUT2D eigenvalue weighted by atomic mass is 10.2. The molecule has 146 valence electrons. The van der Waals surface area contributed by atoms with Gasteiger partial charge in [0.05, 0.1) is 14.8 Å². The van der Waals surface area contributed by atoms with Crippen LogP contribution in [0.1, 0.15) is 11.1 Å². The van der Waals surface area contributed by atoms with Crippen molar-refractivity contribution in [3.8, 4) is 0 Å². The van der Waals surface area contributed by atoms with Gasteiger partial charge in [-0.1, -0.05) is 29.3 Å². The molecule has 0 unspecified atom stereocenters. The van der Waals surface area contributed by atoms with Crippen LogP contribution in [0.15, 0.2) is 78.0 Å². The molecule has 0 aliphatic rings. The maximum Gasteiger partial charge on any atom is 0.269 e. The summed E-state index contributed by atoms with van der Waals surface area (Å²) in [6, 6.07) is 15.9. The lowest BCUT2D eigenvalue weighted by molar-refractivity contribution is -0.688. The quantitative estimate of drug-likeness (QED) is 0.278. The number of nitro groups is 1. The molecule has 28 heavy (non-hydrogen) atoms. The van der Waals surface area contributed by atoms with Crippen LogP contribution in [0.4, 0.5) is 5.69 Å². The summed E-state index contributed by atoms with van der Waals surface area (Å²) < 4.78 is 33.1. The van der Waals surface area contributed by atoms with Crippen molar-refractivity contribution in [2.45, 2.75) is 18.4 Å². The van der Waals surface area contributed by atoms with E-state index in [2.05, 4.69) is 0 Å². The Morgan fingerprint density at radius 3 is 1.96 bits per heavy atom. The summed E-state index contributed by atoms with van der Waals surface area (Å²) in [5.41, 5.74) is 2.04. The van der Waals surface area contributed by atoms with Gasteiger partial charge in [-0.3, -0.25) is 10.1 Å². The third-order valence-corrected chi connectivity index (χ3v) is 4.77. The molecule has 0 saturated carbocycles. The Hall–Kier alpha value is -2.81. The summed E-state index contributed by atoms with van der Waals surface area (Å²) in [7, 11) is -4.27. The van der Waals surface area contributed by atoms with Crippen molar-refractivity contribution >= 4 is 27.4 Å². The van der Waals surface area contributed by atoms with Gasteiger partial charge >= 0.3 is 0 Å². The molecule has 0 saturated heterocycles. The van der Waals surface area contributed by atoms with Gasteiger partial charge in [-0.25, -0.2) is 13.0 Å². The molecule has 0 N–H and O–H groups in total. The average Bonchev–Trinajstić information content (AvgIpc) is 2.64. The molecule has 0 fully saturated rings. The van der Waals surface area contributed by atoms with Crippen molar-refractivity contribution in [1.82, 2.24) is 0 Å². The van der Waals surface area contributed by atoms with E-state index in [1.54, 1.807) is 36.4 Å². The van der Waals surface area contributed by atoms with Gasteiger partial charge in [0, 0.05) is 29.8 Å². The van der Waals surface area contributed by atoms with Crippen molar-refractivity contribution in [3.63, 3.8) is 0 Å². The summed E-state index contributed by atoms with van der Waals surface area (Å²) in [5.74, 6) is 0. The molecule has 3 aromatic rings. The lowest BCUT2D eigenvalue weighted by Gasteiger charge is -2.05. The predicted molar refractivity (Wildman–Crippen MR) is 103 cm³/mol. The molecule has 0 aliphatic heterocycles. The topological polar surface area (TPSA) is 104 Å². The van der Waals surface area contributed by atoms with Crippen LogP contribution >= 0.6 is 11.6 Å². The van der Waals surface area contributed by atoms with E-state index in [1.807, 2.05) is 23.9 Å². The van der Waals surface area contributed by atoms with Gasteiger partial charge in [0.2, 0.25) is 0 Å². The van der Waals surface area contributed by atoms with Crippen molar-refractivity contribution in [2.75, 3.05) is 0 Å². The number of non-ortho nitro benzene ring substituents is 1. The highest BCUT2D eigenvalue weighted by Crippen LogP contribution is 2.12. The van der Waals surface area contributed by atoms with Crippen LogP contribution in [0.2, 0.25) is 5.02 Å². The van der Waals surface area contributed by atoms with E-state index >= 15 is 0 Å². The molecule has 2 aromatic carbocycles. The van der Waals surface area contributed by atoms with Crippen molar-refractivity contribution in [1.29, 1.82) is 0 Å². The molecule has 1 aromatic heterocycles. The third kappa shape index (κ3) is 6.73. The Balaban J connectivity index is 0.000000221. The fourth-order valence-corrected chi connectivity index (χ4v) is 2.77. The van der Waals surface area contributed by atoms with Crippen LogP contribution in [0.5, 0.6) is 0 Å². The highest BCUT2D eigenvalue weighted by atomic mass is 35.5. The number of aryl methyl sites for hydroxylation is 1. The molecule has 0 aliphatic carbocycles. The van der Waals surface area contributed by atoms with E-state index in [4.69, 9.17) is 11.6 Å². The van der Waals surface area contributed by atoms with E-state index in [0.29, 0.717) is 11.6 Å². The van der Waals surface area contributed by atoms with Crippen LogP contribution in [-0.4, -0.2) is 17.9 Å². The Kier molecular flexibility index (Phi) is 7.22. The monoisotopic (exact) mass is 420 g/mol. The Morgan fingerprint density at radius 2 is 1.50 bits per heavy atom. The molecule has 0 atom stereocenters. The maximum absolute atomic E-state index is 10.5. The van der Waals surface area contributed by atoms with E-state index in [0.717, 1.165) is 11.1 Å². The maximum atomic E-state index is 10.5. The van der Waals surface area contributed by atoms with Crippen molar-refractivity contribution in [2.24, 2.45) is 0 Å². The summed E-state index contributed by atoms with van der Waals surface area (Å²) in [4.78, 5) is 9.91. The minimum Gasteiger partial charge on any atom is -0.744 e. The van der Waals surface area contributed by atoms with Crippen LogP contribution in [0, 0.1) is 17.0 Å². The van der Waals surface area contributed by atoms with Crippen LogP contribution in [0.3, 0.4) is 0 Å². The summed E-state index contributed by atoms with van der Waals surface area (Å²) in [5, 5.41) is 11.2. The van der Waals surface area contributed by atoms with Gasteiger partial charge in [0.25, 0.3) is 5.69 Å². The molecule has 7 nitrogen and oxygen atoms in total. The predicted octanol–water partition coefficient (Wildman–Crippen LogP) is 3.48. The molecule has 0 spiro atoms. The zero-order valence-electron chi connectivity index (χ0n) is 14.9. The Labute approximate surface area is 167 Å². The first-order valence-electron chi connectivity index (χ1n) is 8.05. The molecule has 3 rings (SSSR count). The summed E-state index contributed by atoms with van der Waals surface area (Å²) >= 11 is 5.78. The number of benzene rings is 2. The largest absolute Gasteiger partial charge is 0.744 e. The van der Waals surface area contributed by atoms with Crippen molar-refractivity contribution in [3.05, 3.63) is 99.3 Å². The first-order chi connectivity index (χ1) is 13.1. The third-order valence-electron chi connectivity index (χ3n) is 3.67. The lowest BCUT2D eigenvalue weighted by Crippen LogP contribution is -2.32. The molecular formula is C19H17ClN2O5S. The van der Waals surface area contributed by atoms with E-state index in [1.165, 1.54) is 24.3 Å². The molecule has 1 heterocycles. The zero-order valence-corrected chi connectivity index (χ0v) is 16.4. The number of halogens is 1. The van der Waals surface area contributed by atoms with Gasteiger partial charge in [-0.05, 0) is 31.2 Å². The minimum absolute atomic E-state index is 0.106. The number of aromatic nitrogens is 1. The molecule has 0 amide bonds. The van der Waals surface area contributed by atoms with E-state index < -0.39 is 15.0 Å². The zero-order chi connectivity index (χ0) is 20.7. The van der Waals surface area contributed by atoms with Gasteiger partial charge in [0.15, 0.2) is 18.9 Å². The number of hydrogen-bond acceptors (Lipinski definition) is 5. The first kappa shape index (κ1) is 21.5. The number of nitro benzene ring substituents is 1. The standard InChI is InChI=1S/C12H10ClN2O2.C7H8O3S/c13-11-5-7-14(8-6-11)9-10-1-3-12(4-2-10)15(16)17;1-6-2-4-7(5-3-6)11(8,9)10/h1-8H,9H2;2-5H,1H3,(H,8,9,10)/q+1;/p-1. The highest BCUT2D eigenvalue weighted by Gasteiger charge is 2.06. The second-order valence-electron chi connectivity index (χ2n) is 5.88. The molecule has 0 bridgehead atoms. The van der Waals surface area contributed by atoms with Gasteiger partial charge in [-0.15, -0.1) is 0 Å². The molecule has 9 heteroatoms. The minimum atomic E-state index is -4.27.